The average Bonchev–Trinajstić information content (AvgIpc) is 3.26. The maximum Gasteiger partial charge on any atom is 0.255 e. The lowest BCUT2D eigenvalue weighted by Crippen LogP contribution is -2.35. The molecule has 5 heterocycles. The summed E-state index contributed by atoms with van der Waals surface area (Å²) < 4.78 is 10.9. The van der Waals surface area contributed by atoms with Crippen LogP contribution in [0, 0.1) is 0 Å². The van der Waals surface area contributed by atoms with Crippen molar-refractivity contribution >= 4 is 22.5 Å². The monoisotopic (exact) mass is 448 g/mol. The van der Waals surface area contributed by atoms with Crippen LogP contribution in [0.3, 0.4) is 0 Å². The first-order valence-electron chi connectivity index (χ1n) is 10.1. The summed E-state index contributed by atoms with van der Waals surface area (Å²) in [5.41, 5.74) is 3.66. The van der Waals surface area contributed by atoms with E-state index in [-0.39, 0.29) is 12.4 Å². The predicted molar refractivity (Wildman–Crippen MR) is 117 cm³/mol. The van der Waals surface area contributed by atoms with Crippen LogP contribution in [0.15, 0.2) is 41.7 Å². The van der Waals surface area contributed by atoms with Gasteiger partial charge in [-0.2, -0.15) is 0 Å². The lowest BCUT2D eigenvalue weighted by molar-refractivity contribution is 0.174. The first-order chi connectivity index (χ1) is 15.6. The lowest BCUT2D eigenvalue weighted by atomic mass is 10.1. The van der Waals surface area contributed by atoms with Crippen LogP contribution in [0.2, 0.25) is 5.15 Å². The lowest BCUT2D eigenvalue weighted by Gasteiger charge is -2.28. The largest absolute Gasteiger partial charge is 0.454 e. The molecule has 10 heteroatoms. The second-order valence-corrected chi connectivity index (χ2v) is 8.12. The van der Waals surface area contributed by atoms with Crippen LogP contribution in [0.5, 0.6) is 11.5 Å². The summed E-state index contributed by atoms with van der Waals surface area (Å²) in [4.78, 5) is 35.0. The Morgan fingerprint density at radius 3 is 2.75 bits per heavy atom. The summed E-state index contributed by atoms with van der Waals surface area (Å²) in [7, 11) is 0. The van der Waals surface area contributed by atoms with Gasteiger partial charge in [0.1, 0.15) is 17.3 Å². The van der Waals surface area contributed by atoms with Gasteiger partial charge < -0.3 is 14.5 Å². The molecule has 32 heavy (non-hydrogen) atoms. The second-order valence-electron chi connectivity index (χ2n) is 7.76. The number of H-pyrrole nitrogens is 1. The van der Waals surface area contributed by atoms with Gasteiger partial charge in [-0.1, -0.05) is 11.6 Å². The summed E-state index contributed by atoms with van der Waals surface area (Å²) >= 11 is 6.49. The Labute approximate surface area is 187 Å². The molecule has 4 aromatic rings. The minimum absolute atomic E-state index is 0.144. The van der Waals surface area contributed by atoms with Gasteiger partial charge in [0, 0.05) is 55.5 Å². The fourth-order valence-corrected chi connectivity index (χ4v) is 4.32. The molecule has 3 aromatic heterocycles. The van der Waals surface area contributed by atoms with E-state index in [4.69, 9.17) is 21.1 Å². The summed E-state index contributed by atoms with van der Waals surface area (Å²) in [5.74, 6) is 1.87. The van der Waals surface area contributed by atoms with Crippen LogP contribution in [-0.4, -0.2) is 43.2 Å². The molecule has 0 atom stereocenters. The third kappa shape index (κ3) is 3.35. The molecule has 1 aromatic carbocycles. The molecular formula is C22H17ClN6O3. The molecule has 6 rings (SSSR count). The number of ether oxygens (including phenoxy) is 2. The van der Waals surface area contributed by atoms with E-state index in [1.807, 2.05) is 18.2 Å². The van der Waals surface area contributed by atoms with Crippen LogP contribution in [-0.2, 0) is 19.5 Å². The third-order valence-electron chi connectivity index (χ3n) is 5.71. The molecule has 2 aliphatic heterocycles. The maximum absolute atomic E-state index is 12.8. The SMILES string of the molecule is O=c1[nH]c(-c2cncnc2)nc2c1CN(Cc1cc3cc4c(cc3nc1Cl)OCO4)CC2. The van der Waals surface area contributed by atoms with Crippen molar-refractivity contribution in [3.63, 3.8) is 0 Å². The zero-order valence-corrected chi connectivity index (χ0v) is 17.6. The van der Waals surface area contributed by atoms with Gasteiger partial charge in [0.05, 0.1) is 22.3 Å². The summed E-state index contributed by atoms with van der Waals surface area (Å²) in [5, 5.41) is 1.37. The van der Waals surface area contributed by atoms with E-state index < -0.39 is 0 Å². The number of nitrogens with one attached hydrogen (secondary N) is 1. The van der Waals surface area contributed by atoms with Crippen LogP contribution in [0.1, 0.15) is 16.8 Å². The van der Waals surface area contributed by atoms with E-state index >= 15 is 0 Å². The van der Waals surface area contributed by atoms with Crippen molar-refractivity contribution in [2.75, 3.05) is 13.3 Å². The van der Waals surface area contributed by atoms with E-state index in [0.717, 1.165) is 28.7 Å². The summed E-state index contributed by atoms with van der Waals surface area (Å²) in [6.07, 6.45) is 5.37. The second kappa shape index (κ2) is 7.54. The first kappa shape index (κ1) is 19.1. The zero-order chi connectivity index (χ0) is 21.7. The van der Waals surface area contributed by atoms with E-state index in [2.05, 4.69) is 29.8 Å². The number of halogens is 1. The van der Waals surface area contributed by atoms with E-state index in [9.17, 15) is 4.79 Å². The van der Waals surface area contributed by atoms with Crippen molar-refractivity contribution in [3.05, 3.63) is 69.2 Å². The number of hydrogen-bond acceptors (Lipinski definition) is 8. The van der Waals surface area contributed by atoms with Gasteiger partial charge in [0.15, 0.2) is 11.5 Å². The summed E-state index contributed by atoms with van der Waals surface area (Å²) in [6.45, 7) is 2.02. The molecule has 0 saturated carbocycles. The Bertz CT molecular complexity index is 1410. The van der Waals surface area contributed by atoms with Crippen LogP contribution in [0.4, 0.5) is 0 Å². The van der Waals surface area contributed by atoms with Gasteiger partial charge >= 0.3 is 0 Å². The van der Waals surface area contributed by atoms with Gasteiger partial charge in [0.25, 0.3) is 5.56 Å². The first-order valence-corrected chi connectivity index (χ1v) is 10.5. The topological polar surface area (TPSA) is 106 Å². The Kier molecular flexibility index (Phi) is 4.51. The molecule has 0 aliphatic carbocycles. The van der Waals surface area contributed by atoms with Gasteiger partial charge in [-0.25, -0.2) is 19.9 Å². The fourth-order valence-electron chi connectivity index (χ4n) is 4.11. The molecule has 0 saturated heterocycles. The van der Waals surface area contributed by atoms with Crippen molar-refractivity contribution in [2.45, 2.75) is 19.5 Å². The number of rotatable bonds is 3. The standard InChI is InChI=1S/C22H17ClN6O3/c23-20-13(3-12-4-18-19(32-11-31-18)5-17(12)26-20)8-29-2-1-16-15(9-29)22(30)28-21(27-16)14-6-24-10-25-7-14/h3-7,10H,1-2,8-9,11H2,(H,27,28,30). The number of hydrogen-bond donors (Lipinski definition) is 1. The third-order valence-corrected chi connectivity index (χ3v) is 6.04. The smallest absolute Gasteiger partial charge is 0.255 e. The average molecular weight is 449 g/mol. The molecule has 0 bridgehead atoms. The Balaban J connectivity index is 1.27. The van der Waals surface area contributed by atoms with Gasteiger partial charge in [0.2, 0.25) is 6.79 Å². The number of aromatic amines is 1. The Hall–Kier alpha value is -3.56. The molecular weight excluding hydrogens is 432 g/mol. The summed E-state index contributed by atoms with van der Waals surface area (Å²) in [6, 6.07) is 5.77. The Morgan fingerprint density at radius 1 is 1.09 bits per heavy atom. The normalized spacial score (nSPS) is 15.2. The van der Waals surface area contributed by atoms with Crippen LogP contribution in [0.25, 0.3) is 22.3 Å². The predicted octanol–water partition coefficient (Wildman–Crippen LogP) is 2.72. The minimum Gasteiger partial charge on any atom is -0.454 e. The molecule has 0 radical (unpaired) electrons. The molecule has 160 valence electrons. The number of fused-ring (bicyclic) bond motifs is 3. The highest BCUT2D eigenvalue weighted by Gasteiger charge is 2.23. The molecule has 0 fully saturated rings. The van der Waals surface area contributed by atoms with Crippen LogP contribution >= 0.6 is 11.6 Å². The highest BCUT2D eigenvalue weighted by molar-refractivity contribution is 6.30. The Morgan fingerprint density at radius 2 is 1.91 bits per heavy atom. The highest BCUT2D eigenvalue weighted by atomic mass is 35.5. The van der Waals surface area contributed by atoms with E-state index in [1.54, 1.807) is 12.4 Å². The van der Waals surface area contributed by atoms with Crippen molar-refractivity contribution in [3.8, 4) is 22.9 Å². The number of nitrogens with zero attached hydrogens (tertiary/aromatic N) is 5. The molecule has 9 nitrogen and oxygen atoms in total. The molecule has 2 aliphatic rings. The van der Waals surface area contributed by atoms with E-state index in [0.29, 0.717) is 53.1 Å². The van der Waals surface area contributed by atoms with Crippen LogP contribution < -0.4 is 15.0 Å². The molecule has 0 amide bonds. The molecule has 0 unspecified atom stereocenters. The van der Waals surface area contributed by atoms with Crippen molar-refractivity contribution in [2.24, 2.45) is 0 Å². The molecule has 1 N–H and O–H groups in total. The van der Waals surface area contributed by atoms with Gasteiger partial charge in [-0.05, 0) is 12.1 Å². The van der Waals surface area contributed by atoms with E-state index in [1.165, 1.54) is 6.33 Å². The number of aromatic nitrogens is 5. The zero-order valence-electron chi connectivity index (χ0n) is 16.8. The minimum atomic E-state index is -0.144. The highest BCUT2D eigenvalue weighted by Crippen LogP contribution is 2.36. The van der Waals surface area contributed by atoms with Crippen molar-refractivity contribution < 1.29 is 9.47 Å². The van der Waals surface area contributed by atoms with Crippen molar-refractivity contribution in [1.29, 1.82) is 0 Å². The van der Waals surface area contributed by atoms with Crippen molar-refractivity contribution in [1.82, 2.24) is 29.8 Å². The molecule has 0 spiro atoms. The maximum atomic E-state index is 12.8. The number of pyridine rings is 1. The fraction of sp³-hybridized carbons (Fsp3) is 0.227. The quantitative estimate of drug-likeness (QED) is 0.477. The van der Waals surface area contributed by atoms with Gasteiger partial charge in [-0.15, -0.1) is 0 Å². The van der Waals surface area contributed by atoms with Gasteiger partial charge in [-0.3, -0.25) is 9.69 Å². The number of benzene rings is 1.